The van der Waals surface area contributed by atoms with Crippen molar-refractivity contribution in [3.63, 3.8) is 0 Å². The van der Waals surface area contributed by atoms with Gasteiger partial charge in [0.25, 0.3) is 11.5 Å². The van der Waals surface area contributed by atoms with Gasteiger partial charge >= 0.3 is 0 Å². The van der Waals surface area contributed by atoms with Crippen LogP contribution in [0.25, 0.3) is 0 Å². The third kappa shape index (κ3) is 4.67. The summed E-state index contributed by atoms with van der Waals surface area (Å²) in [6, 6.07) is 3.38. The van der Waals surface area contributed by atoms with Crippen molar-refractivity contribution in [2.24, 2.45) is 0 Å². The molecule has 2 aromatic rings. The molecule has 0 bridgehead atoms. The Balaban J connectivity index is 2.38. The van der Waals surface area contributed by atoms with Crippen LogP contribution in [0.5, 0.6) is 0 Å². The Bertz CT molecular complexity index is 769. The van der Waals surface area contributed by atoms with Crippen LogP contribution in [-0.4, -0.2) is 27.0 Å². The van der Waals surface area contributed by atoms with Crippen LogP contribution in [-0.2, 0) is 4.79 Å². The van der Waals surface area contributed by atoms with Gasteiger partial charge in [-0.3, -0.25) is 19.4 Å². The van der Waals surface area contributed by atoms with Crippen LogP contribution in [0.1, 0.15) is 30.4 Å². The van der Waals surface area contributed by atoms with Gasteiger partial charge in [0.2, 0.25) is 5.91 Å². The number of amides is 2. The molecule has 122 valence electrons. The van der Waals surface area contributed by atoms with Crippen molar-refractivity contribution in [2.75, 3.05) is 10.6 Å². The summed E-state index contributed by atoms with van der Waals surface area (Å²) in [7, 11) is 0. The number of carbonyl (C=O) groups excluding carboxylic acids is 2. The Hall–Kier alpha value is -2.13. The molecule has 0 aliphatic heterocycles. The second-order valence-electron chi connectivity index (χ2n) is 4.87. The topological polar surface area (TPSA) is 104 Å². The van der Waals surface area contributed by atoms with Gasteiger partial charge in [-0.2, -0.15) is 0 Å². The van der Waals surface area contributed by atoms with Crippen LogP contribution < -0.4 is 16.2 Å². The normalized spacial score (nSPS) is 10.6. The molecule has 0 spiro atoms. The van der Waals surface area contributed by atoms with Gasteiger partial charge in [-0.15, -0.1) is 11.3 Å². The number of aromatic nitrogens is 2. The number of thiophene rings is 1. The van der Waals surface area contributed by atoms with E-state index in [1.54, 1.807) is 17.5 Å². The van der Waals surface area contributed by atoms with Gasteiger partial charge in [0.1, 0.15) is 0 Å². The van der Waals surface area contributed by atoms with E-state index in [9.17, 15) is 14.4 Å². The van der Waals surface area contributed by atoms with Crippen molar-refractivity contribution < 1.29 is 9.59 Å². The predicted octanol–water partition coefficient (Wildman–Crippen LogP) is 2.54. The molecule has 0 atom stereocenters. The molecule has 3 N–H and O–H groups in total. The number of anilines is 2. The molecule has 0 radical (unpaired) electrons. The van der Waals surface area contributed by atoms with Crippen LogP contribution in [0, 0.1) is 0 Å². The van der Waals surface area contributed by atoms with Gasteiger partial charge in [0.15, 0.2) is 16.7 Å². The molecule has 2 heterocycles. The first-order valence-corrected chi connectivity index (χ1v) is 8.56. The number of nitrogens with zero attached hydrogens (tertiary/aromatic N) is 1. The van der Waals surface area contributed by atoms with Crippen LogP contribution >= 0.6 is 23.1 Å². The Morgan fingerprint density at radius 2 is 2.09 bits per heavy atom. The van der Waals surface area contributed by atoms with Gasteiger partial charge in [-0.05, 0) is 11.4 Å². The predicted molar refractivity (Wildman–Crippen MR) is 92.4 cm³/mol. The van der Waals surface area contributed by atoms with Crippen LogP contribution in [0.2, 0.25) is 0 Å². The number of carbonyl (C=O) groups is 2. The highest BCUT2D eigenvalue weighted by molar-refractivity contribution is 7.99. The van der Waals surface area contributed by atoms with E-state index < -0.39 is 11.5 Å². The summed E-state index contributed by atoms with van der Waals surface area (Å²) in [6.07, 6.45) is 0. The van der Waals surface area contributed by atoms with E-state index in [0.717, 1.165) is 0 Å². The van der Waals surface area contributed by atoms with E-state index >= 15 is 0 Å². The first-order chi connectivity index (χ1) is 10.9. The summed E-state index contributed by atoms with van der Waals surface area (Å²) in [5, 5.41) is 7.33. The molecule has 7 nitrogen and oxygen atoms in total. The molecule has 0 aliphatic carbocycles. The molecule has 0 saturated carbocycles. The molecule has 0 aromatic carbocycles. The highest BCUT2D eigenvalue weighted by Crippen LogP contribution is 2.23. The Morgan fingerprint density at radius 1 is 1.35 bits per heavy atom. The van der Waals surface area contributed by atoms with Crippen molar-refractivity contribution in [3.8, 4) is 0 Å². The maximum absolute atomic E-state index is 12.3. The SMILES string of the molecule is CC(=O)Nc1nc(SC(C)C)[nH]c(=O)c1NC(=O)c1cccs1. The maximum atomic E-state index is 12.3. The first kappa shape index (κ1) is 17.2. The zero-order valence-electron chi connectivity index (χ0n) is 12.8. The molecule has 0 unspecified atom stereocenters. The average molecular weight is 352 g/mol. The van der Waals surface area contributed by atoms with Crippen LogP contribution in [0.15, 0.2) is 27.5 Å². The molecule has 23 heavy (non-hydrogen) atoms. The minimum absolute atomic E-state index is 0.0364. The molecule has 0 aliphatic rings. The zero-order chi connectivity index (χ0) is 17.0. The van der Waals surface area contributed by atoms with Crippen molar-refractivity contribution in [3.05, 3.63) is 32.7 Å². The second kappa shape index (κ2) is 7.42. The van der Waals surface area contributed by atoms with Gasteiger partial charge in [-0.1, -0.05) is 31.7 Å². The van der Waals surface area contributed by atoms with Gasteiger partial charge in [-0.25, -0.2) is 4.98 Å². The maximum Gasteiger partial charge on any atom is 0.277 e. The number of hydrogen-bond donors (Lipinski definition) is 3. The van der Waals surface area contributed by atoms with E-state index in [0.29, 0.717) is 10.0 Å². The lowest BCUT2D eigenvalue weighted by Crippen LogP contribution is -2.24. The fourth-order valence-corrected chi connectivity index (χ4v) is 3.05. The summed E-state index contributed by atoms with van der Waals surface area (Å²) in [6.45, 7) is 5.22. The summed E-state index contributed by atoms with van der Waals surface area (Å²) in [4.78, 5) is 43.0. The van der Waals surface area contributed by atoms with Gasteiger partial charge < -0.3 is 10.6 Å². The van der Waals surface area contributed by atoms with E-state index in [1.807, 2.05) is 13.8 Å². The number of thioether (sulfide) groups is 1. The minimum atomic E-state index is -0.517. The lowest BCUT2D eigenvalue weighted by molar-refractivity contribution is -0.114. The van der Waals surface area contributed by atoms with Gasteiger partial charge in [0.05, 0.1) is 4.88 Å². The molecule has 2 rings (SSSR count). The van der Waals surface area contributed by atoms with E-state index in [-0.39, 0.29) is 22.7 Å². The largest absolute Gasteiger partial charge is 0.314 e. The lowest BCUT2D eigenvalue weighted by atomic mass is 10.4. The van der Waals surface area contributed by atoms with Crippen LogP contribution in [0.3, 0.4) is 0 Å². The number of aromatic amines is 1. The first-order valence-electron chi connectivity index (χ1n) is 6.80. The Kier molecular flexibility index (Phi) is 5.56. The average Bonchev–Trinajstić information content (AvgIpc) is 2.95. The van der Waals surface area contributed by atoms with E-state index in [2.05, 4.69) is 20.6 Å². The third-order valence-electron chi connectivity index (χ3n) is 2.52. The minimum Gasteiger partial charge on any atom is -0.314 e. The van der Waals surface area contributed by atoms with Crippen molar-refractivity contribution in [1.29, 1.82) is 0 Å². The summed E-state index contributed by atoms with van der Waals surface area (Å²) >= 11 is 2.60. The molecule has 0 fully saturated rings. The number of hydrogen-bond acceptors (Lipinski definition) is 6. The summed E-state index contributed by atoms with van der Waals surface area (Å²) in [5.74, 6) is -0.771. The zero-order valence-corrected chi connectivity index (χ0v) is 14.4. The Labute approximate surface area is 140 Å². The molecule has 2 aromatic heterocycles. The number of rotatable bonds is 5. The third-order valence-corrected chi connectivity index (χ3v) is 4.28. The van der Waals surface area contributed by atoms with Crippen molar-refractivity contribution >= 4 is 46.4 Å². The summed E-state index contributed by atoms with van der Waals surface area (Å²) in [5.41, 5.74) is -0.594. The molecule has 9 heteroatoms. The monoisotopic (exact) mass is 352 g/mol. The molecular formula is C14H16N4O3S2. The fraction of sp³-hybridized carbons (Fsp3) is 0.286. The highest BCUT2D eigenvalue weighted by atomic mass is 32.2. The quantitative estimate of drug-likeness (QED) is 0.567. The standard InChI is InChI=1S/C14H16N4O3S2/c1-7(2)23-14-17-11(15-8(3)19)10(13(21)18-14)16-12(20)9-5-4-6-22-9/h4-7H,1-3H3,(H,16,20)(H2,15,17,18,19,21). The number of H-pyrrole nitrogens is 1. The Morgan fingerprint density at radius 3 is 2.65 bits per heavy atom. The van der Waals surface area contributed by atoms with E-state index in [4.69, 9.17) is 0 Å². The fourth-order valence-electron chi connectivity index (χ4n) is 1.69. The second-order valence-corrected chi connectivity index (χ2v) is 7.39. The molecule has 2 amide bonds. The molecular weight excluding hydrogens is 336 g/mol. The van der Waals surface area contributed by atoms with Crippen LogP contribution in [0.4, 0.5) is 11.5 Å². The smallest absolute Gasteiger partial charge is 0.277 e. The van der Waals surface area contributed by atoms with Crippen molar-refractivity contribution in [2.45, 2.75) is 31.2 Å². The van der Waals surface area contributed by atoms with E-state index in [1.165, 1.54) is 30.0 Å². The lowest BCUT2D eigenvalue weighted by Gasteiger charge is -2.11. The summed E-state index contributed by atoms with van der Waals surface area (Å²) < 4.78 is 0. The number of nitrogens with one attached hydrogen (secondary N) is 3. The highest BCUT2D eigenvalue weighted by Gasteiger charge is 2.17. The van der Waals surface area contributed by atoms with Crippen molar-refractivity contribution in [1.82, 2.24) is 9.97 Å². The molecule has 0 saturated heterocycles. The van der Waals surface area contributed by atoms with Gasteiger partial charge in [0, 0.05) is 12.2 Å².